The van der Waals surface area contributed by atoms with Crippen LogP contribution in [0.2, 0.25) is 10.0 Å². The number of benzene rings is 2. The van der Waals surface area contributed by atoms with Crippen molar-refractivity contribution in [1.82, 2.24) is 5.32 Å². The summed E-state index contributed by atoms with van der Waals surface area (Å²) in [7, 11) is 0. The first-order valence-corrected chi connectivity index (χ1v) is 8.76. The van der Waals surface area contributed by atoms with E-state index in [-0.39, 0.29) is 23.8 Å². The normalized spacial score (nSPS) is 23.6. The highest BCUT2D eigenvalue weighted by Gasteiger charge is 2.36. The van der Waals surface area contributed by atoms with Gasteiger partial charge in [-0.05, 0) is 48.2 Å². The minimum absolute atomic E-state index is 0.0602. The molecule has 2 aromatic carbocycles. The lowest BCUT2D eigenvalue weighted by Gasteiger charge is -2.37. The zero-order valence-corrected chi connectivity index (χ0v) is 14.7. The third-order valence-electron chi connectivity index (χ3n) is 4.57. The maximum atomic E-state index is 12.5. The van der Waals surface area contributed by atoms with Crippen molar-refractivity contribution in [2.24, 2.45) is 5.92 Å². The second-order valence-corrected chi connectivity index (χ2v) is 7.03. The molecule has 0 aliphatic carbocycles. The molecule has 1 aliphatic heterocycles. The van der Waals surface area contributed by atoms with Gasteiger partial charge in [-0.1, -0.05) is 53.5 Å². The van der Waals surface area contributed by atoms with E-state index < -0.39 is 0 Å². The minimum atomic E-state index is -0.0886. The average Bonchev–Trinajstić information content (AvgIpc) is 2.57. The van der Waals surface area contributed by atoms with Crippen LogP contribution in [0, 0.1) is 5.92 Å². The molecule has 3 atom stereocenters. The van der Waals surface area contributed by atoms with E-state index >= 15 is 0 Å². The highest BCUT2D eigenvalue weighted by Crippen LogP contribution is 2.41. The van der Waals surface area contributed by atoms with Crippen LogP contribution in [0.5, 0.6) is 0 Å². The molecule has 124 valence electrons. The van der Waals surface area contributed by atoms with Crippen LogP contribution in [0.15, 0.2) is 61.2 Å². The van der Waals surface area contributed by atoms with Crippen molar-refractivity contribution in [3.63, 3.8) is 0 Å². The van der Waals surface area contributed by atoms with Gasteiger partial charge in [0.05, 0.1) is 6.04 Å². The Bertz CT molecular complexity index is 742. The number of halogens is 2. The van der Waals surface area contributed by atoms with Crippen LogP contribution in [-0.4, -0.2) is 5.91 Å². The molecule has 2 nitrogen and oxygen atoms in total. The minimum Gasteiger partial charge on any atom is -0.348 e. The van der Waals surface area contributed by atoms with Crippen LogP contribution in [0.1, 0.15) is 35.9 Å². The summed E-state index contributed by atoms with van der Waals surface area (Å²) in [6, 6.07) is 15.4. The van der Waals surface area contributed by atoms with Crippen molar-refractivity contribution >= 4 is 29.1 Å². The number of rotatable bonds is 4. The lowest BCUT2D eigenvalue weighted by Crippen LogP contribution is -2.43. The second-order valence-electron chi connectivity index (χ2n) is 6.16. The van der Waals surface area contributed by atoms with Crippen LogP contribution in [-0.2, 0) is 4.79 Å². The SMILES string of the molecule is C=CCC1CC(c2cccc(Cl)c2)C(c2ccc(Cl)cc2)NC1=O. The van der Waals surface area contributed by atoms with Gasteiger partial charge in [0.15, 0.2) is 0 Å². The number of carbonyl (C=O) groups is 1. The zero-order chi connectivity index (χ0) is 17.1. The Balaban J connectivity index is 1.98. The summed E-state index contributed by atoms with van der Waals surface area (Å²) in [5.41, 5.74) is 2.19. The van der Waals surface area contributed by atoms with E-state index in [0.717, 1.165) is 17.5 Å². The summed E-state index contributed by atoms with van der Waals surface area (Å²) in [5.74, 6) is 0.177. The molecule has 0 bridgehead atoms. The van der Waals surface area contributed by atoms with Gasteiger partial charge >= 0.3 is 0 Å². The average molecular weight is 360 g/mol. The fourth-order valence-electron chi connectivity index (χ4n) is 3.38. The summed E-state index contributed by atoms with van der Waals surface area (Å²) in [4.78, 5) is 12.5. The summed E-state index contributed by atoms with van der Waals surface area (Å²) in [6.45, 7) is 3.77. The number of piperidine rings is 1. The third kappa shape index (κ3) is 3.66. The molecule has 1 N–H and O–H groups in total. The van der Waals surface area contributed by atoms with Gasteiger partial charge in [-0.25, -0.2) is 0 Å². The topological polar surface area (TPSA) is 29.1 Å². The predicted molar refractivity (Wildman–Crippen MR) is 99.4 cm³/mol. The van der Waals surface area contributed by atoms with Gasteiger partial charge in [0.25, 0.3) is 0 Å². The number of amides is 1. The maximum absolute atomic E-state index is 12.5. The highest BCUT2D eigenvalue weighted by molar-refractivity contribution is 6.30. The fourth-order valence-corrected chi connectivity index (χ4v) is 3.70. The first-order chi connectivity index (χ1) is 11.6. The molecular formula is C20H19Cl2NO. The Morgan fingerprint density at radius 2 is 1.83 bits per heavy atom. The molecule has 2 aromatic rings. The molecule has 0 spiro atoms. The summed E-state index contributed by atoms with van der Waals surface area (Å²) in [6.07, 6.45) is 3.25. The van der Waals surface area contributed by atoms with Gasteiger partial charge in [-0.2, -0.15) is 0 Å². The monoisotopic (exact) mass is 359 g/mol. The van der Waals surface area contributed by atoms with Gasteiger partial charge in [0, 0.05) is 21.9 Å². The molecule has 1 amide bonds. The Morgan fingerprint density at radius 3 is 2.50 bits per heavy atom. The van der Waals surface area contributed by atoms with Crippen LogP contribution in [0.25, 0.3) is 0 Å². The van der Waals surface area contributed by atoms with Gasteiger partial charge in [0.1, 0.15) is 0 Å². The van der Waals surface area contributed by atoms with E-state index in [1.165, 1.54) is 0 Å². The molecule has 1 fully saturated rings. The zero-order valence-electron chi connectivity index (χ0n) is 13.2. The first-order valence-electron chi connectivity index (χ1n) is 8.00. The Morgan fingerprint density at radius 1 is 1.08 bits per heavy atom. The molecule has 1 heterocycles. The maximum Gasteiger partial charge on any atom is 0.223 e. The summed E-state index contributed by atoms with van der Waals surface area (Å²) >= 11 is 12.2. The molecule has 24 heavy (non-hydrogen) atoms. The lowest BCUT2D eigenvalue weighted by molar-refractivity contribution is -0.128. The molecule has 1 saturated heterocycles. The third-order valence-corrected chi connectivity index (χ3v) is 5.05. The summed E-state index contributed by atoms with van der Waals surface area (Å²) in [5, 5.41) is 4.58. The van der Waals surface area contributed by atoms with Crippen LogP contribution < -0.4 is 5.32 Å². The highest BCUT2D eigenvalue weighted by atomic mass is 35.5. The van der Waals surface area contributed by atoms with E-state index in [9.17, 15) is 4.79 Å². The predicted octanol–water partition coefficient (Wildman–Crippen LogP) is 5.53. The largest absolute Gasteiger partial charge is 0.348 e. The quantitative estimate of drug-likeness (QED) is 0.714. The van der Waals surface area contributed by atoms with Crippen molar-refractivity contribution < 1.29 is 4.79 Å². The molecule has 4 heteroatoms. The van der Waals surface area contributed by atoms with Gasteiger partial charge < -0.3 is 5.32 Å². The Labute approximate surface area is 152 Å². The molecule has 3 rings (SSSR count). The van der Waals surface area contributed by atoms with E-state index in [4.69, 9.17) is 23.2 Å². The molecule has 0 saturated carbocycles. The Kier molecular flexibility index (Phi) is 5.27. The van der Waals surface area contributed by atoms with Crippen molar-refractivity contribution in [1.29, 1.82) is 0 Å². The fraction of sp³-hybridized carbons (Fsp3) is 0.250. The number of carbonyl (C=O) groups excluding carboxylic acids is 1. The van der Waals surface area contributed by atoms with E-state index in [0.29, 0.717) is 16.5 Å². The number of hydrogen-bond donors (Lipinski definition) is 1. The van der Waals surface area contributed by atoms with Crippen molar-refractivity contribution in [2.45, 2.75) is 24.8 Å². The Hall–Kier alpha value is -1.77. The van der Waals surface area contributed by atoms with Crippen LogP contribution in [0.3, 0.4) is 0 Å². The van der Waals surface area contributed by atoms with Crippen molar-refractivity contribution in [3.05, 3.63) is 82.4 Å². The first kappa shape index (κ1) is 17.1. The van der Waals surface area contributed by atoms with Gasteiger partial charge in [0.2, 0.25) is 5.91 Å². The van der Waals surface area contributed by atoms with Crippen LogP contribution in [0.4, 0.5) is 0 Å². The smallest absolute Gasteiger partial charge is 0.223 e. The standard InChI is InChI=1S/C20H19Cl2NO/c1-2-4-15-12-18(14-5-3-6-17(22)11-14)19(23-20(15)24)13-7-9-16(21)10-8-13/h2-3,5-11,15,18-19H,1,4,12H2,(H,23,24). The molecule has 1 aliphatic rings. The molecule has 0 aromatic heterocycles. The van der Waals surface area contributed by atoms with Gasteiger partial charge in [-0.3, -0.25) is 4.79 Å². The number of nitrogens with one attached hydrogen (secondary N) is 1. The summed E-state index contributed by atoms with van der Waals surface area (Å²) < 4.78 is 0. The second kappa shape index (κ2) is 7.42. The van der Waals surface area contributed by atoms with Crippen molar-refractivity contribution in [3.8, 4) is 0 Å². The lowest BCUT2D eigenvalue weighted by atomic mass is 9.76. The van der Waals surface area contributed by atoms with Gasteiger partial charge in [-0.15, -0.1) is 6.58 Å². The van der Waals surface area contributed by atoms with E-state index in [1.807, 2.05) is 48.5 Å². The number of allylic oxidation sites excluding steroid dienone is 1. The number of hydrogen-bond acceptors (Lipinski definition) is 1. The van der Waals surface area contributed by atoms with E-state index in [2.05, 4.69) is 18.0 Å². The van der Waals surface area contributed by atoms with Crippen LogP contribution >= 0.6 is 23.2 Å². The van der Waals surface area contributed by atoms with E-state index in [1.54, 1.807) is 0 Å². The molecule has 3 unspecified atom stereocenters. The molecular weight excluding hydrogens is 341 g/mol. The molecule has 0 radical (unpaired) electrons. The van der Waals surface area contributed by atoms with Crippen molar-refractivity contribution in [2.75, 3.05) is 0 Å².